The first-order valence-electron chi connectivity index (χ1n) is 5.62. The van der Waals surface area contributed by atoms with Crippen LogP contribution in [0.1, 0.15) is 11.6 Å². The van der Waals surface area contributed by atoms with Crippen LogP contribution in [0.2, 0.25) is 5.02 Å². The molecule has 0 amide bonds. The number of nitrogens with one attached hydrogen (secondary N) is 1. The van der Waals surface area contributed by atoms with E-state index >= 15 is 0 Å². The second-order valence-electron chi connectivity index (χ2n) is 4.05. The van der Waals surface area contributed by atoms with E-state index < -0.39 is 0 Å². The lowest BCUT2D eigenvalue weighted by Gasteiger charge is -2.29. The Morgan fingerprint density at radius 2 is 2.41 bits per heavy atom. The fraction of sp³-hybridized carbons (Fsp3) is 0.500. The van der Waals surface area contributed by atoms with Gasteiger partial charge in [0.25, 0.3) is 0 Å². The molecule has 3 N–H and O–H groups in total. The van der Waals surface area contributed by atoms with Crippen molar-refractivity contribution in [2.75, 3.05) is 26.9 Å². The highest BCUT2D eigenvalue weighted by Crippen LogP contribution is 2.29. The van der Waals surface area contributed by atoms with Crippen molar-refractivity contribution < 1.29 is 9.47 Å². The van der Waals surface area contributed by atoms with Crippen LogP contribution < -0.4 is 15.8 Å². The van der Waals surface area contributed by atoms with Crippen molar-refractivity contribution in [1.29, 1.82) is 0 Å². The summed E-state index contributed by atoms with van der Waals surface area (Å²) in [4.78, 5) is 0. The first-order valence-corrected chi connectivity index (χ1v) is 6.00. The second kappa shape index (κ2) is 5.69. The molecule has 1 aromatic rings. The Labute approximate surface area is 106 Å². The fourth-order valence-electron chi connectivity index (χ4n) is 2.00. The topological polar surface area (TPSA) is 56.5 Å². The third-order valence-corrected chi connectivity index (χ3v) is 3.17. The van der Waals surface area contributed by atoms with Crippen LogP contribution in [0.25, 0.3) is 0 Å². The predicted octanol–water partition coefficient (Wildman–Crippen LogP) is 1.34. The summed E-state index contributed by atoms with van der Waals surface area (Å²) in [6, 6.07) is 5.38. The summed E-state index contributed by atoms with van der Waals surface area (Å²) >= 11 is 5.99. The van der Waals surface area contributed by atoms with Gasteiger partial charge in [-0.1, -0.05) is 11.6 Å². The molecule has 1 aliphatic heterocycles. The van der Waals surface area contributed by atoms with E-state index in [4.69, 9.17) is 26.8 Å². The van der Waals surface area contributed by atoms with Gasteiger partial charge in [0.2, 0.25) is 0 Å². The van der Waals surface area contributed by atoms with E-state index in [9.17, 15) is 0 Å². The van der Waals surface area contributed by atoms with Crippen molar-refractivity contribution in [2.45, 2.75) is 12.1 Å². The summed E-state index contributed by atoms with van der Waals surface area (Å²) < 4.78 is 10.7. The number of halogens is 1. The van der Waals surface area contributed by atoms with Gasteiger partial charge >= 0.3 is 0 Å². The number of benzene rings is 1. The van der Waals surface area contributed by atoms with Gasteiger partial charge in [0.15, 0.2) is 0 Å². The zero-order valence-corrected chi connectivity index (χ0v) is 10.5. The van der Waals surface area contributed by atoms with Gasteiger partial charge in [-0.25, -0.2) is 0 Å². The van der Waals surface area contributed by atoms with Crippen molar-refractivity contribution in [2.24, 2.45) is 5.73 Å². The molecular weight excluding hydrogens is 240 g/mol. The maximum atomic E-state index is 6.23. The monoisotopic (exact) mass is 256 g/mol. The average molecular weight is 257 g/mol. The molecule has 1 heterocycles. The van der Waals surface area contributed by atoms with Crippen molar-refractivity contribution in [3.63, 3.8) is 0 Å². The minimum atomic E-state index is -0.191. The Balaban J connectivity index is 2.21. The van der Waals surface area contributed by atoms with Crippen LogP contribution in [0.5, 0.6) is 5.75 Å². The first kappa shape index (κ1) is 12.6. The Bertz CT molecular complexity index is 381. The van der Waals surface area contributed by atoms with Crippen LogP contribution in [0.3, 0.4) is 0 Å². The van der Waals surface area contributed by atoms with Crippen molar-refractivity contribution in [1.82, 2.24) is 5.32 Å². The van der Waals surface area contributed by atoms with Gasteiger partial charge < -0.3 is 20.5 Å². The molecule has 0 spiro atoms. The standard InChI is InChI=1S/C12H17ClN2O2/c1-16-11-3-2-8(13)6-9(11)12(14)10-7-17-5-4-15-10/h2-3,6,10,12,15H,4-5,7,14H2,1H3. The van der Waals surface area contributed by atoms with Gasteiger partial charge in [-0.05, 0) is 18.2 Å². The number of morpholine rings is 1. The Morgan fingerprint density at radius 3 is 3.06 bits per heavy atom. The zero-order valence-electron chi connectivity index (χ0n) is 9.78. The van der Waals surface area contributed by atoms with Crippen molar-refractivity contribution >= 4 is 11.6 Å². The van der Waals surface area contributed by atoms with Gasteiger partial charge in [-0.3, -0.25) is 0 Å². The molecule has 2 atom stereocenters. The quantitative estimate of drug-likeness (QED) is 0.857. The summed E-state index contributed by atoms with van der Waals surface area (Å²) in [7, 11) is 1.63. The van der Waals surface area contributed by atoms with E-state index in [1.54, 1.807) is 13.2 Å². The molecule has 1 aliphatic rings. The normalized spacial score (nSPS) is 22.2. The number of rotatable bonds is 3. The van der Waals surface area contributed by atoms with E-state index in [2.05, 4.69) is 5.32 Å². The molecule has 5 heteroatoms. The van der Waals surface area contributed by atoms with Crippen LogP contribution in [-0.4, -0.2) is 32.9 Å². The van der Waals surface area contributed by atoms with Gasteiger partial charge in [-0.2, -0.15) is 0 Å². The van der Waals surface area contributed by atoms with Gasteiger partial charge in [0, 0.05) is 23.2 Å². The molecule has 1 saturated heterocycles. The van der Waals surface area contributed by atoms with Gasteiger partial charge in [0.05, 0.1) is 26.4 Å². The molecule has 17 heavy (non-hydrogen) atoms. The molecule has 0 radical (unpaired) electrons. The number of methoxy groups -OCH3 is 1. The predicted molar refractivity (Wildman–Crippen MR) is 67.5 cm³/mol. The third-order valence-electron chi connectivity index (χ3n) is 2.93. The second-order valence-corrected chi connectivity index (χ2v) is 4.48. The molecule has 0 aliphatic carbocycles. The lowest BCUT2D eigenvalue weighted by Crippen LogP contribution is -2.47. The van der Waals surface area contributed by atoms with E-state index in [0.717, 1.165) is 24.5 Å². The molecule has 1 fully saturated rings. The third kappa shape index (κ3) is 2.90. The van der Waals surface area contributed by atoms with Crippen LogP contribution >= 0.6 is 11.6 Å². The fourth-order valence-corrected chi connectivity index (χ4v) is 2.18. The Morgan fingerprint density at radius 1 is 1.59 bits per heavy atom. The van der Waals surface area contributed by atoms with Crippen LogP contribution in [0.15, 0.2) is 18.2 Å². The van der Waals surface area contributed by atoms with Crippen LogP contribution in [0.4, 0.5) is 0 Å². The van der Waals surface area contributed by atoms with Gasteiger partial charge in [0.1, 0.15) is 5.75 Å². The summed E-state index contributed by atoms with van der Waals surface area (Å²) in [6.45, 7) is 2.16. The van der Waals surface area contributed by atoms with Gasteiger partial charge in [-0.15, -0.1) is 0 Å². The largest absolute Gasteiger partial charge is 0.496 e. The highest BCUT2D eigenvalue weighted by atomic mass is 35.5. The highest BCUT2D eigenvalue weighted by Gasteiger charge is 2.24. The average Bonchev–Trinajstić information content (AvgIpc) is 2.39. The molecule has 2 rings (SSSR count). The number of hydrogen-bond acceptors (Lipinski definition) is 4. The maximum absolute atomic E-state index is 6.23. The molecule has 0 saturated carbocycles. The highest BCUT2D eigenvalue weighted by molar-refractivity contribution is 6.30. The maximum Gasteiger partial charge on any atom is 0.123 e. The smallest absolute Gasteiger partial charge is 0.123 e. The summed E-state index contributed by atoms with van der Waals surface area (Å²) in [5, 5.41) is 4.00. The molecule has 0 bridgehead atoms. The lowest BCUT2D eigenvalue weighted by molar-refractivity contribution is 0.0682. The summed E-state index contributed by atoms with van der Waals surface area (Å²) in [5.74, 6) is 0.759. The molecule has 1 aromatic carbocycles. The Kier molecular flexibility index (Phi) is 4.23. The first-order chi connectivity index (χ1) is 8.22. The molecule has 94 valence electrons. The number of ether oxygens (including phenoxy) is 2. The summed E-state index contributed by atoms with van der Waals surface area (Å²) in [5.41, 5.74) is 7.14. The SMILES string of the molecule is COc1ccc(Cl)cc1C(N)C1COCCN1. The zero-order chi connectivity index (χ0) is 12.3. The van der Waals surface area contributed by atoms with Crippen LogP contribution in [-0.2, 0) is 4.74 Å². The van der Waals surface area contributed by atoms with Crippen molar-refractivity contribution in [3.05, 3.63) is 28.8 Å². The molecule has 2 unspecified atom stereocenters. The van der Waals surface area contributed by atoms with Crippen molar-refractivity contribution in [3.8, 4) is 5.75 Å². The van der Waals surface area contributed by atoms with E-state index in [-0.39, 0.29) is 12.1 Å². The number of hydrogen-bond donors (Lipinski definition) is 2. The molecule has 4 nitrogen and oxygen atoms in total. The molecule has 0 aromatic heterocycles. The van der Waals surface area contributed by atoms with E-state index in [0.29, 0.717) is 11.6 Å². The number of nitrogens with two attached hydrogens (primary N) is 1. The molecular formula is C12H17ClN2O2. The van der Waals surface area contributed by atoms with E-state index in [1.807, 2.05) is 12.1 Å². The Hall–Kier alpha value is -0.810. The minimum Gasteiger partial charge on any atom is -0.496 e. The summed E-state index contributed by atoms with van der Waals surface area (Å²) in [6.07, 6.45) is 0. The minimum absolute atomic E-state index is 0.0936. The lowest BCUT2D eigenvalue weighted by atomic mass is 9.99. The van der Waals surface area contributed by atoms with E-state index in [1.165, 1.54) is 0 Å². The van der Waals surface area contributed by atoms with Crippen LogP contribution in [0, 0.1) is 0 Å².